The van der Waals surface area contributed by atoms with E-state index < -0.39 is 0 Å². The Kier molecular flexibility index (Phi) is 8.09. The lowest BCUT2D eigenvalue weighted by Crippen LogP contribution is -2.31. The van der Waals surface area contributed by atoms with Crippen LogP contribution >= 0.6 is 0 Å². The van der Waals surface area contributed by atoms with Gasteiger partial charge in [-0.15, -0.1) is 0 Å². The molecule has 280 valence electrons. The first-order valence-electron chi connectivity index (χ1n) is 20.1. The second-order valence-electron chi connectivity index (χ2n) is 15.7. The van der Waals surface area contributed by atoms with Crippen molar-refractivity contribution in [3.63, 3.8) is 0 Å². The average molecular weight is 758 g/mol. The monoisotopic (exact) mass is 757 g/mol. The number of hydrogen-bond donors (Lipinski definition) is 0. The number of fused-ring (bicyclic) bond motifs is 7. The second-order valence-corrected chi connectivity index (χ2v) is 15.7. The number of nitrogens with zero attached hydrogens (tertiary/aromatic N) is 5. The maximum Gasteiger partial charge on any atom is 0.164 e. The van der Waals surface area contributed by atoms with Crippen molar-refractivity contribution in [1.29, 1.82) is 0 Å². The van der Waals surface area contributed by atoms with E-state index in [9.17, 15) is 0 Å². The van der Waals surface area contributed by atoms with Crippen LogP contribution in [-0.4, -0.2) is 15.0 Å². The molecule has 1 aromatic heterocycles. The van der Waals surface area contributed by atoms with Crippen molar-refractivity contribution in [2.45, 2.75) is 19.3 Å². The third-order valence-corrected chi connectivity index (χ3v) is 11.9. The standard InChI is InChI=1S/C54H39N5/c1-54(2)45-25-13-16-28-49(45)58(39-31-29-38(30-32-39)53-56-51(36-17-5-3-6-18-36)55-52(57-53)37-19-7-4-8-20-37)50-34-33-40(35-46(50)54)59-47-26-14-11-23-43(47)41-21-9-10-22-42(41)44-24-12-15-27-48(44)59/h3-35H,1-2H3. The van der Waals surface area contributed by atoms with Crippen molar-refractivity contribution in [3.8, 4) is 56.4 Å². The third-order valence-electron chi connectivity index (χ3n) is 11.9. The molecule has 8 aromatic carbocycles. The molecule has 9 aromatic rings. The number of aromatic nitrogens is 3. The summed E-state index contributed by atoms with van der Waals surface area (Å²) in [5.41, 5.74) is 16.8. The summed E-state index contributed by atoms with van der Waals surface area (Å²) in [6.45, 7) is 4.70. The second kappa shape index (κ2) is 13.8. The topological polar surface area (TPSA) is 45.2 Å². The van der Waals surface area contributed by atoms with E-state index in [-0.39, 0.29) is 5.41 Å². The molecule has 0 radical (unpaired) electrons. The lowest BCUT2D eigenvalue weighted by Gasteiger charge is -2.42. The molecule has 5 nitrogen and oxygen atoms in total. The Morgan fingerprint density at radius 2 is 0.712 bits per heavy atom. The molecule has 0 saturated heterocycles. The Balaban J connectivity index is 1.04. The van der Waals surface area contributed by atoms with Gasteiger partial charge in [0.15, 0.2) is 17.5 Å². The molecule has 0 unspecified atom stereocenters. The molecule has 2 aliphatic rings. The number of rotatable bonds is 5. The minimum atomic E-state index is -0.279. The molecule has 11 rings (SSSR count). The van der Waals surface area contributed by atoms with Crippen molar-refractivity contribution >= 4 is 34.1 Å². The SMILES string of the molecule is CC1(C)c2ccccc2N(c2ccc(-c3nc(-c4ccccc4)nc(-c4ccccc4)n3)cc2)c2ccc(N3c4ccccc4-c4ccccc4-c4ccccc43)cc21. The maximum absolute atomic E-state index is 5.00. The highest BCUT2D eigenvalue weighted by atomic mass is 15.2. The van der Waals surface area contributed by atoms with Crippen LogP contribution in [0.2, 0.25) is 0 Å². The van der Waals surface area contributed by atoms with Gasteiger partial charge >= 0.3 is 0 Å². The van der Waals surface area contributed by atoms with E-state index in [2.05, 4.69) is 163 Å². The van der Waals surface area contributed by atoms with E-state index in [0.29, 0.717) is 17.5 Å². The van der Waals surface area contributed by atoms with Gasteiger partial charge < -0.3 is 9.80 Å². The zero-order chi connectivity index (χ0) is 39.5. The van der Waals surface area contributed by atoms with Crippen LogP contribution in [0.3, 0.4) is 0 Å². The normalized spacial score (nSPS) is 13.3. The zero-order valence-electron chi connectivity index (χ0n) is 32.8. The fourth-order valence-electron chi connectivity index (χ4n) is 8.96. The predicted octanol–water partition coefficient (Wildman–Crippen LogP) is 14.1. The van der Waals surface area contributed by atoms with E-state index in [1.54, 1.807) is 0 Å². The van der Waals surface area contributed by atoms with Crippen LogP contribution in [0.25, 0.3) is 56.4 Å². The Hall–Kier alpha value is -7.63. The van der Waals surface area contributed by atoms with Gasteiger partial charge in [-0.1, -0.05) is 153 Å². The van der Waals surface area contributed by atoms with Gasteiger partial charge in [0.05, 0.1) is 22.7 Å². The molecule has 0 aliphatic carbocycles. The highest BCUT2D eigenvalue weighted by Crippen LogP contribution is 2.55. The van der Waals surface area contributed by atoms with Crippen LogP contribution in [0.15, 0.2) is 200 Å². The predicted molar refractivity (Wildman–Crippen MR) is 242 cm³/mol. The molecule has 0 amide bonds. The van der Waals surface area contributed by atoms with Crippen LogP contribution in [0.5, 0.6) is 0 Å². The highest BCUT2D eigenvalue weighted by Gasteiger charge is 2.38. The average Bonchev–Trinajstić information content (AvgIpc) is 3.42. The van der Waals surface area contributed by atoms with E-state index in [4.69, 9.17) is 15.0 Å². The van der Waals surface area contributed by atoms with Gasteiger partial charge in [-0.3, -0.25) is 0 Å². The number of benzene rings is 8. The fourth-order valence-corrected chi connectivity index (χ4v) is 8.96. The van der Waals surface area contributed by atoms with E-state index in [1.807, 2.05) is 60.7 Å². The number of anilines is 6. The molecule has 59 heavy (non-hydrogen) atoms. The lowest BCUT2D eigenvalue weighted by atomic mass is 9.73. The molecule has 5 heteroatoms. The summed E-state index contributed by atoms with van der Waals surface area (Å²) in [5.74, 6) is 1.93. The summed E-state index contributed by atoms with van der Waals surface area (Å²) in [4.78, 5) is 19.7. The molecule has 0 bridgehead atoms. The largest absolute Gasteiger partial charge is 0.310 e. The Bertz CT molecular complexity index is 2900. The summed E-state index contributed by atoms with van der Waals surface area (Å²) in [6.07, 6.45) is 0. The van der Waals surface area contributed by atoms with E-state index in [1.165, 1.54) is 39.1 Å². The van der Waals surface area contributed by atoms with Crippen LogP contribution in [0.1, 0.15) is 25.0 Å². The summed E-state index contributed by atoms with van der Waals surface area (Å²) in [5, 5.41) is 0. The summed E-state index contributed by atoms with van der Waals surface area (Å²) in [6, 6.07) is 71.0. The minimum Gasteiger partial charge on any atom is -0.310 e. The Morgan fingerprint density at radius 1 is 0.322 bits per heavy atom. The Labute approximate surface area is 344 Å². The van der Waals surface area contributed by atoms with Gasteiger partial charge in [-0.25, -0.2) is 15.0 Å². The quantitative estimate of drug-likeness (QED) is 0.175. The van der Waals surface area contributed by atoms with Gasteiger partial charge in [0.1, 0.15) is 0 Å². The van der Waals surface area contributed by atoms with Crippen molar-refractivity contribution in [2.75, 3.05) is 9.80 Å². The Morgan fingerprint density at radius 3 is 1.25 bits per heavy atom. The van der Waals surface area contributed by atoms with Gasteiger partial charge in [-0.2, -0.15) is 0 Å². The minimum absolute atomic E-state index is 0.279. The fraction of sp³-hybridized carbons (Fsp3) is 0.0556. The first kappa shape index (κ1) is 34.6. The summed E-state index contributed by atoms with van der Waals surface area (Å²) in [7, 11) is 0. The molecule has 0 spiro atoms. The van der Waals surface area contributed by atoms with Gasteiger partial charge in [0, 0.05) is 44.6 Å². The molecule has 0 saturated carbocycles. The van der Waals surface area contributed by atoms with Crippen molar-refractivity contribution in [1.82, 2.24) is 15.0 Å². The molecule has 0 atom stereocenters. The van der Waals surface area contributed by atoms with Gasteiger partial charge in [0.25, 0.3) is 0 Å². The van der Waals surface area contributed by atoms with Crippen LogP contribution in [0, 0.1) is 0 Å². The molecular weight excluding hydrogens is 719 g/mol. The zero-order valence-corrected chi connectivity index (χ0v) is 32.8. The number of para-hydroxylation sites is 3. The highest BCUT2D eigenvalue weighted by molar-refractivity contribution is 6.02. The van der Waals surface area contributed by atoms with Crippen molar-refractivity contribution in [3.05, 3.63) is 211 Å². The molecule has 0 N–H and O–H groups in total. The summed E-state index contributed by atoms with van der Waals surface area (Å²) >= 11 is 0. The van der Waals surface area contributed by atoms with Crippen LogP contribution < -0.4 is 9.80 Å². The van der Waals surface area contributed by atoms with E-state index in [0.717, 1.165) is 45.1 Å². The lowest BCUT2D eigenvalue weighted by molar-refractivity contribution is 0.632. The van der Waals surface area contributed by atoms with Crippen LogP contribution in [-0.2, 0) is 5.41 Å². The summed E-state index contributed by atoms with van der Waals surface area (Å²) < 4.78 is 0. The van der Waals surface area contributed by atoms with E-state index >= 15 is 0 Å². The molecular formula is C54H39N5. The maximum atomic E-state index is 5.00. The molecule has 2 aliphatic heterocycles. The molecule has 3 heterocycles. The first-order chi connectivity index (χ1) is 29.0. The van der Waals surface area contributed by atoms with Crippen molar-refractivity contribution in [2.24, 2.45) is 0 Å². The molecule has 0 fully saturated rings. The number of hydrogen-bond acceptors (Lipinski definition) is 5. The van der Waals surface area contributed by atoms with Gasteiger partial charge in [-0.05, 0) is 82.9 Å². The third kappa shape index (κ3) is 5.73. The van der Waals surface area contributed by atoms with Crippen LogP contribution in [0.4, 0.5) is 34.1 Å². The smallest absolute Gasteiger partial charge is 0.164 e. The first-order valence-corrected chi connectivity index (χ1v) is 20.1. The van der Waals surface area contributed by atoms with Crippen molar-refractivity contribution < 1.29 is 0 Å². The van der Waals surface area contributed by atoms with Gasteiger partial charge in [0.2, 0.25) is 0 Å².